The van der Waals surface area contributed by atoms with Gasteiger partial charge in [-0.2, -0.15) is 0 Å². The van der Waals surface area contributed by atoms with E-state index in [0.29, 0.717) is 0 Å². The molecule has 1 spiro atoms. The average Bonchev–Trinajstić information content (AvgIpc) is 2.13. The molecule has 1 saturated heterocycles. The van der Waals surface area contributed by atoms with Crippen molar-refractivity contribution in [1.82, 2.24) is 5.32 Å². The number of hydrogen-bond acceptors (Lipinski definition) is 2. The van der Waals surface area contributed by atoms with Crippen LogP contribution >= 0.6 is 11.6 Å². The van der Waals surface area contributed by atoms with Gasteiger partial charge in [-0.1, -0.05) is 17.7 Å². The van der Waals surface area contributed by atoms with Crippen molar-refractivity contribution in [3.05, 3.63) is 28.8 Å². The van der Waals surface area contributed by atoms with Crippen LogP contribution in [0, 0.1) is 0 Å². The highest BCUT2D eigenvalue weighted by molar-refractivity contribution is 6.30. The molecule has 2 heterocycles. The third-order valence-electron chi connectivity index (χ3n) is 3.26. The van der Waals surface area contributed by atoms with Gasteiger partial charge in [-0.25, -0.2) is 0 Å². The zero-order chi connectivity index (χ0) is 9.60. The molecule has 1 aromatic carbocycles. The summed E-state index contributed by atoms with van der Waals surface area (Å²) in [7, 11) is 0. The van der Waals surface area contributed by atoms with Crippen LogP contribution in [-0.2, 0) is 5.54 Å². The van der Waals surface area contributed by atoms with Crippen molar-refractivity contribution in [1.29, 1.82) is 0 Å². The summed E-state index contributed by atoms with van der Waals surface area (Å²) in [4.78, 5) is 0. The molecule has 0 bridgehead atoms. The number of fused-ring (bicyclic) bond motifs is 2. The highest BCUT2D eigenvalue weighted by Crippen LogP contribution is 2.43. The average molecular weight is 210 g/mol. The van der Waals surface area contributed by atoms with E-state index >= 15 is 0 Å². The minimum atomic E-state index is 0.193. The minimum Gasteiger partial charge on any atom is -0.493 e. The van der Waals surface area contributed by atoms with E-state index in [1.54, 1.807) is 0 Å². The lowest BCUT2D eigenvalue weighted by atomic mass is 9.77. The van der Waals surface area contributed by atoms with Crippen LogP contribution in [0.3, 0.4) is 0 Å². The molecule has 1 fully saturated rings. The summed E-state index contributed by atoms with van der Waals surface area (Å²) in [5, 5.41) is 4.26. The smallest absolute Gasteiger partial charge is 0.125 e. The van der Waals surface area contributed by atoms with Crippen molar-refractivity contribution >= 4 is 11.6 Å². The molecular weight excluding hydrogens is 198 g/mol. The topological polar surface area (TPSA) is 21.3 Å². The number of ether oxygens (including phenoxy) is 1. The first-order valence-electron chi connectivity index (χ1n) is 4.98. The second-order valence-corrected chi connectivity index (χ2v) is 4.43. The fourth-order valence-corrected chi connectivity index (χ4v) is 2.51. The van der Waals surface area contributed by atoms with E-state index in [2.05, 4.69) is 11.4 Å². The SMILES string of the molecule is Clc1ccc2c(c1)OCC[C@@]21CCN1. The fraction of sp³-hybridized carbons (Fsp3) is 0.455. The Morgan fingerprint density at radius 3 is 2.93 bits per heavy atom. The Hall–Kier alpha value is -0.730. The Morgan fingerprint density at radius 1 is 1.36 bits per heavy atom. The Morgan fingerprint density at radius 2 is 2.21 bits per heavy atom. The van der Waals surface area contributed by atoms with Crippen molar-refractivity contribution in [3.8, 4) is 5.75 Å². The molecule has 3 heteroatoms. The van der Waals surface area contributed by atoms with Crippen molar-refractivity contribution < 1.29 is 4.74 Å². The summed E-state index contributed by atoms with van der Waals surface area (Å²) < 4.78 is 5.61. The number of rotatable bonds is 0. The van der Waals surface area contributed by atoms with Crippen LogP contribution in [-0.4, -0.2) is 13.2 Å². The van der Waals surface area contributed by atoms with Crippen LogP contribution in [0.15, 0.2) is 18.2 Å². The first-order valence-corrected chi connectivity index (χ1v) is 5.36. The van der Waals surface area contributed by atoms with E-state index < -0.39 is 0 Å². The van der Waals surface area contributed by atoms with Crippen LogP contribution in [0.4, 0.5) is 0 Å². The molecule has 0 aromatic heterocycles. The highest BCUT2D eigenvalue weighted by atomic mass is 35.5. The Balaban J connectivity index is 2.10. The van der Waals surface area contributed by atoms with Gasteiger partial charge in [-0.05, 0) is 25.1 Å². The Kier molecular flexibility index (Phi) is 1.76. The summed E-state index contributed by atoms with van der Waals surface area (Å²) in [5.41, 5.74) is 1.47. The summed E-state index contributed by atoms with van der Waals surface area (Å²) in [6.45, 7) is 1.91. The molecule has 0 unspecified atom stereocenters. The molecule has 1 aromatic rings. The van der Waals surface area contributed by atoms with Gasteiger partial charge in [0.1, 0.15) is 5.75 Å². The van der Waals surface area contributed by atoms with Crippen LogP contribution in [0.2, 0.25) is 5.02 Å². The van der Waals surface area contributed by atoms with Crippen molar-refractivity contribution in [2.45, 2.75) is 18.4 Å². The maximum absolute atomic E-state index is 5.93. The van der Waals surface area contributed by atoms with E-state index in [0.717, 1.165) is 30.3 Å². The Bertz CT molecular complexity index is 374. The third kappa shape index (κ3) is 1.07. The maximum Gasteiger partial charge on any atom is 0.125 e. The van der Waals surface area contributed by atoms with E-state index in [4.69, 9.17) is 16.3 Å². The van der Waals surface area contributed by atoms with Gasteiger partial charge in [0.2, 0.25) is 0 Å². The molecule has 2 aliphatic heterocycles. The van der Waals surface area contributed by atoms with E-state index in [1.807, 2.05) is 12.1 Å². The van der Waals surface area contributed by atoms with Crippen LogP contribution in [0.1, 0.15) is 18.4 Å². The molecule has 2 nitrogen and oxygen atoms in total. The molecule has 2 aliphatic rings. The molecule has 74 valence electrons. The quantitative estimate of drug-likeness (QED) is 0.708. The molecule has 0 saturated carbocycles. The fourth-order valence-electron chi connectivity index (χ4n) is 2.35. The molecular formula is C11H12ClNO. The van der Waals surface area contributed by atoms with E-state index in [-0.39, 0.29) is 5.54 Å². The zero-order valence-electron chi connectivity index (χ0n) is 7.85. The second kappa shape index (κ2) is 2.88. The molecule has 1 N–H and O–H groups in total. The predicted octanol–water partition coefficient (Wildman–Crippen LogP) is 2.31. The summed E-state index contributed by atoms with van der Waals surface area (Å²) >= 11 is 5.93. The first-order chi connectivity index (χ1) is 6.80. The van der Waals surface area contributed by atoms with Crippen molar-refractivity contribution in [2.24, 2.45) is 0 Å². The first kappa shape index (κ1) is 8.57. The van der Waals surface area contributed by atoms with Gasteiger partial charge in [0.05, 0.1) is 12.1 Å². The van der Waals surface area contributed by atoms with Gasteiger partial charge in [0.15, 0.2) is 0 Å². The maximum atomic E-state index is 5.93. The van der Waals surface area contributed by atoms with Crippen LogP contribution in [0.5, 0.6) is 5.75 Å². The highest BCUT2D eigenvalue weighted by Gasteiger charge is 2.42. The lowest BCUT2D eigenvalue weighted by Crippen LogP contribution is -2.56. The number of benzene rings is 1. The van der Waals surface area contributed by atoms with Gasteiger partial charge in [-0.3, -0.25) is 0 Å². The van der Waals surface area contributed by atoms with Crippen molar-refractivity contribution in [2.75, 3.05) is 13.2 Å². The molecule has 0 radical (unpaired) electrons. The second-order valence-electron chi connectivity index (χ2n) is 4.00. The normalized spacial score (nSPS) is 29.2. The summed E-state index contributed by atoms with van der Waals surface area (Å²) in [6.07, 6.45) is 2.28. The van der Waals surface area contributed by atoms with Gasteiger partial charge in [-0.15, -0.1) is 0 Å². The number of halogens is 1. The molecule has 1 atom stereocenters. The summed E-state index contributed by atoms with van der Waals surface area (Å²) in [5.74, 6) is 0.955. The summed E-state index contributed by atoms with van der Waals surface area (Å²) in [6, 6.07) is 5.94. The van der Waals surface area contributed by atoms with Gasteiger partial charge >= 0.3 is 0 Å². The third-order valence-corrected chi connectivity index (χ3v) is 3.50. The van der Waals surface area contributed by atoms with Gasteiger partial charge < -0.3 is 10.1 Å². The van der Waals surface area contributed by atoms with Gasteiger partial charge in [0, 0.05) is 17.0 Å². The molecule has 3 rings (SSSR count). The zero-order valence-corrected chi connectivity index (χ0v) is 8.60. The van der Waals surface area contributed by atoms with Crippen LogP contribution in [0.25, 0.3) is 0 Å². The standard InChI is InChI=1S/C11H12ClNO/c12-8-1-2-9-10(7-8)14-6-4-11(9)3-5-13-11/h1-2,7,13H,3-6H2/t11-/m0/s1. The molecule has 14 heavy (non-hydrogen) atoms. The Labute approximate surface area is 88.2 Å². The van der Waals surface area contributed by atoms with E-state index in [1.165, 1.54) is 12.0 Å². The lowest BCUT2D eigenvalue weighted by molar-refractivity contribution is 0.122. The van der Waals surface area contributed by atoms with Crippen LogP contribution < -0.4 is 10.1 Å². The minimum absolute atomic E-state index is 0.193. The predicted molar refractivity (Wildman–Crippen MR) is 55.9 cm³/mol. The van der Waals surface area contributed by atoms with Gasteiger partial charge in [0.25, 0.3) is 0 Å². The van der Waals surface area contributed by atoms with E-state index in [9.17, 15) is 0 Å². The molecule has 0 aliphatic carbocycles. The number of nitrogens with one attached hydrogen (secondary N) is 1. The van der Waals surface area contributed by atoms with Crippen molar-refractivity contribution in [3.63, 3.8) is 0 Å². The molecule has 0 amide bonds. The lowest BCUT2D eigenvalue weighted by Gasteiger charge is -2.46. The number of hydrogen-bond donors (Lipinski definition) is 1. The largest absolute Gasteiger partial charge is 0.493 e. The monoisotopic (exact) mass is 209 g/mol.